The monoisotopic (exact) mass is 296 g/mol. The van der Waals surface area contributed by atoms with Crippen LogP contribution in [0.4, 0.5) is 5.82 Å². The summed E-state index contributed by atoms with van der Waals surface area (Å²) >= 11 is 6.28. The van der Waals surface area contributed by atoms with E-state index in [0.717, 1.165) is 25.2 Å². The molecule has 0 bridgehead atoms. The Kier molecular flexibility index (Phi) is 3.89. The van der Waals surface area contributed by atoms with Crippen LogP contribution in [-0.4, -0.2) is 41.5 Å². The number of anilines is 1. The second-order valence-electron chi connectivity index (χ2n) is 6.00. The first-order valence-corrected chi connectivity index (χ1v) is 7.65. The molecule has 5 heteroatoms. The summed E-state index contributed by atoms with van der Waals surface area (Å²) < 4.78 is 5.60. The van der Waals surface area contributed by atoms with Gasteiger partial charge >= 0.3 is 0 Å². The summed E-state index contributed by atoms with van der Waals surface area (Å²) in [5, 5.41) is 11.3. The van der Waals surface area contributed by atoms with E-state index in [1.807, 2.05) is 19.1 Å². The van der Waals surface area contributed by atoms with Crippen molar-refractivity contribution in [3.8, 4) is 0 Å². The van der Waals surface area contributed by atoms with Gasteiger partial charge in [-0.2, -0.15) is 0 Å². The van der Waals surface area contributed by atoms with E-state index in [0.29, 0.717) is 24.7 Å². The Morgan fingerprint density at radius 1 is 1.55 bits per heavy atom. The number of aliphatic hydroxyl groups is 1. The molecule has 0 spiro atoms. The van der Waals surface area contributed by atoms with Gasteiger partial charge in [-0.15, -0.1) is 0 Å². The largest absolute Gasteiger partial charge is 0.390 e. The number of pyridine rings is 1. The molecule has 4 nitrogen and oxygen atoms in total. The number of ether oxygens (including phenoxy) is 1. The Bertz CT molecular complexity index is 481. The number of rotatable bonds is 2. The molecule has 3 atom stereocenters. The van der Waals surface area contributed by atoms with Crippen molar-refractivity contribution in [2.75, 3.05) is 24.7 Å². The van der Waals surface area contributed by atoms with Gasteiger partial charge in [0.05, 0.1) is 17.2 Å². The van der Waals surface area contributed by atoms with Gasteiger partial charge in [0, 0.05) is 31.3 Å². The van der Waals surface area contributed by atoms with Crippen molar-refractivity contribution in [3.63, 3.8) is 0 Å². The molecule has 0 amide bonds. The number of aromatic nitrogens is 1. The lowest BCUT2D eigenvalue weighted by atomic mass is 9.79. The second-order valence-corrected chi connectivity index (χ2v) is 6.41. The predicted octanol–water partition coefficient (Wildman–Crippen LogP) is 2.49. The lowest BCUT2D eigenvalue weighted by molar-refractivity contribution is -0.108. The molecule has 2 saturated heterocycles. The summed E-state index contributed by atoms with van der Waals surface area (Å²) in [7, 11) is 0. The molecule has 3 rings (SSSR count). The summed E-state index contributed by atoms with van der Waals surface area (Å²) in [5.74, 6) is 0.940. The van der Waals surface area contributed by atoms with Gasteiger partial charge < -0.3 is 14.7 Å². The first-order chi connectivity index (χ1) is 9.59. The van der Waals surface area contributed by atoms with Crippen LogP contribution in [0.15, 0.2) is 18.3 Å². The van der Waals surface area contributed by atoms with Crippen LogP contribution in [0.5, 0.6) is 0 Å². The minimum Gasteiger partial charge on any atom is -0.390 e. The molecular weight excluding hydrogens is 276 g/mol. The molecule has 0 aliphatic carbocycles. The van der Waals surface area contributed by atoms with E-state index in [1.54, 1.807) is 6.20 Å². The summed E-state index contributed by atoms with van der Waals surface area (Å²) in [6.07, 6.45) is 4.62. The van der Waals surface area contributed by atoms with E-state index < -0.39 is 5.60 Å². The van der Waals surface area contributed by atoms with Gasteiger partial charge in [0.15, 0.2) is 0 Å². The maximum absolute atomic E-state index is 10.7. The van der Waals surface area contributed by atoms with Crippen LogP contribution in [0.2, 0.25) is 5.02 Å². The van der Waals surface area contributed by atoms with E-state index in [1.165, 1.54) is 0 Å². The molecule has 3 heterocycles. The summed E-state index contributed by atoms with van der Waals surface area (Å²) in [5.41, 5.74) is -0.674. The van der Waals surface area contributed by atoms with Crippen molar-refractivity contribution >= 4 is 17.4 Å². The Morgan fingerprint density at radius 2 is 2.40 bits per heavy atom. The van der Waals surface area contributed by atoms with Crippen molar-refractivity contribution < 1.29 is 9.84 Å². The minimum atomic E-state index is -0.674. The van der Waals surface area contributed by atoms with Crippen LogP contribution in [0, 0.1) is 5.92 Å². The zero-order chi connectivity index (χ0) is 14.2. The molecule has 2 fully saturated rings. The highest BCUT2D eigenvalue weighted by atomic mass is 35.5. The first-order valence-electron chi connectivity index (χ1n) is 7.27. The molecule has 0 aromatic carbocycles. The minimum absolute atomic E-state index is 0.108. The lowest BCUT2D eigenvalue weighted by Crippen LogP contribution is -2.52. The van der Waals surface area contributed by atoms with Crippen molar-refractivity contribution in [3.05, 3.63) is 23.4 Å². The molecule has 1 aromatic heterocycles. The smallest absolute Gasteiger partial charge is 0.147 e. The zero-order valence-corrected chi connectivity index (χ0v) is 12.5. The van der Waals surface area contributed by atoms with Crippen molar-refractivity contribution in [2.45, 2.75) is 37.8 Å². The van der Waals surface area contributed by atoms with Gasteiger partial charge in [-0.25, -0.2) is 4.98 Å². The maximum Gasteiger partial charge on any atom is 0.147 e. The van der Waals surface area contributed by atoms with Gasteiger partial charge in [0.1, 0.15) is 5.82 Å². The highest BCUT2D eigenvalue weighted by Crippen LogP contribution is 2.39. The normalized spacial score (nSPS) is 34.5. The summed E-state index contributed by atoms with van der Waals surface area (Å²) in [4.78, 5) is 6.67. The molecule has 2 aliphatic rings. The van der Waals surface area contributed by atoms with E-state index >= 15 is 0 Å². The highest BCUT2D eigenvalue weighted by molar-refractivity contribution is 6.32. The number of hydrogen-bond acceptors (Lipinski definition) is 4. The third kappa shape index (κ3) is 2.52. The van der Waals surface area contributed by atoms with Gasteiger partial charge in [-0.05, 0) is 38.3 Å². The molecule has 0 saturated carbocycles. The quantitative estimate of drug-likeness (QED) is 0.911. The van der Waals surface area contributed by atoms with Gasteiger partial charge in [-0.1, -0.05) is 11.6 Å². The van der Waals surface area contributed by atoms with Crippen LogP contribution < -0.4 is 4.90 Å². The predicted molar refractivity (Wildman–Crippen MR) is 79.2 cm³/mol. The topological polar surface area (TPSA) is 45.6 Å². The summed E-state index contributed by atoms with van der Waals surface area (Å²) in [6, 6.07) is 3.96. The third-order valence-corrected chi connectivity index (χ3v) is 4.92. The fourth-order valence-corrected chi connectivity index (χ4v) is 3.67. The van der Waals surface area contributed by atoms with Crippen LogP contribution in [0.1, 0.15) is 26.2 Å². The highest BCUT2D eigenvalue weighted by Gasteiger charge is 2.44. The zero-order valence-electron chi connectivity index (χ0n) is 11.8. The van der Waals surface area contributed by atoms with Crippen molar-refractivity contribution in [2.24, 2.45) is 5.92 Å². The lowest BCUT2D eigenvalue weighted by Gasteiger charge is -2.43. The Balaban J connectivity index is 1.87. The average Bonchev–Trinajstić information content (AvgIpc) is 2.87. The van der Waals surface area contributed by atoms with Crippen molar-refractivity contribution in [1.82, 2.24) is 4.98 Å². The summed E-state index contributed by atoms with van der Waals surface area (Å²) in [6.45, 7) is 4.11. The molecule has 20 heavy (non-hydrogen) atoms. The Labute approximate surface area is 124 Å². The number of nitrogens with zero attached hydrogens (tertiary/aromatic N) is 2. The first kappa shape index (κ1) is 14.1. The standard InChI is InChI=1S/C15H21ClN2O2/c1-15(19)6-9-20-10-11(15)13-5-3-8-18(13)14-12(16)4-2-7-17-14/h2,4,7,11,13,19H,3,5-6,8-10H2,1H3/t11-,13+,15-/m0/s1. The number of hydrogen-bond donors (Lipinski definition) is 1. The average molecular weight is 297 g/mol. The van der Waals surface area contributed by atoms with Crippen molar-refractivity contribution in [1.29, 1.82) is 0 Å². The molecule has 0 unspecified atom stereocenters. The maximum atomic E-state index is 10.7. The molecular formula is C15H21ClN2O2. The molecule has 2 aliphatic heterocycles. The fourth-order valence-electron chi connectivity index (χ4n) is 3.44. The van der Waals surface area contributed by atoms with Gasteiger partial charge in [-0.3, -0.25) is 0 Å². The van der Waals surface area contributed by atoms with Crippen LogP contribution in [0.3, 0.4) is 0 Å². The molecule has 0 radical (unpaired) electrons. The van der Waals surface area contributed by atoms with E-state index in [4.69, 9.17) is 16.3 Å². The number of halogens is 1. The van der Waals surface area contributed by atoms with Crippen LogP contribution in [0.25, 0.3) is 0 Å². The molecule has 1 N–H and O–H groups in total. The van der Waals surface area contributed by atoms with E-state index in [-0.39, 0.29) is 12.0 Å². The SMILES string of the molecule is C[C@]1(O)CCOC[C@H]1[C@H]1CCCN1c1ncccc1Cl. The fraction of sp³-hybridized carbons (Fsp3) is 0.667. The van der Waals surface area contributed by atoms with Gasteiger partial charge in [0.2, 0.25) is 0 Å². The van der Waals surface area contributed by atoms with Crippen LogP contribution in [-0.2, 0) is 4.74 Å². The second kappa shape index (κ2) is 5.51. The van der Waals surface area contributed by atoms with Crippen LogP contribution >= 0.6 is 11.6 Å². The van der Waals surface area contributed by atoms with E-state index in [9.17, 15) is 5.11 Å². The Morgan fingerprint density at radius 3 is 3.15 bits per heavy atom. The van der Waals surface area contributed by atoms with Gasteiger partial charge in [0.25, 0.3) is 0 Å². The molecule has 110 valence electrons. The Hall–Kier alpha value is -0.840. The third-order valence-electron chi connectivity index (χ3n) is 4.62. The van der Waals surface area contributed by atoms with E-state index in [2.05, 4.69) is 9.88 Å². The molecule has 1 aromatic rings.